The summed E-state index contributed by atoms with van der Waals surface area (Å²) in [5, 5.41) is 4.08. The third-order valence-corrected chi connectivity index (χ3v) is 5.36. The van der Waals surface area contributed by atoms with Gasteiger partial charge in [0.05, 0.1) is 13.2 Å². The fraction of sp³-hybridized carbons (Fsp3) is 0.304. The molecule has 2 heterocycles. The molecule has 1 aliphatic rings. The molecule has 0 aliphatic carbocycles. The Kier molecular flexibility index (Phi) is 5.90. The molecule has 2 aromatic carbocycles. The van der Waals surface area contributed by atoms with Crippen LogP contribution in [-0.4, -0.2) is 29.6 Å². The van der Waals surface area contributed by atoms with E-state index in [4.69, 9.17) is 19.7 Å². The Morgan fingerprint density at radius 2 is 2.03 bits per heavy atom. The number of aromatic nitrogens is 1. The molecule has 31 heavy (non-hydrogen) atoms. The molecular weight excluding hydrogens is 401 g/mol. The first kappa shape index (κ1) is 20.9. The summed E-state index contributed by atoms with van der Waals surface area (Å²) in [6, 6.07) is 11.1. The lowest BCUT2D eigenvalue weighted by molar-refractivity contribution is 0.0730. The Bertz CT molecular complexity index is 1100. The molecule has 1 atom stereocenters. The molecular formula is C23H24FN3O4. The first-order valence-corrected chi connectivity index (χ1v) is 10.1. The first-order chi connectivity index (χ1) is 15.0. The number of benzene rings is 2. The van der Waals surface area contributed by atoms with Crippen molar-refractivity contribution in [2.75, 3.05) is 13.7 Å². The Hall–Kier alpha value is -3.39. The largest absolute Gasteiger partial charge is 0.493 e. The Morgan fingerprint density at radius 3 is 2.71 bits per heavy atom. The van der Waals surface area contributed by atoms with E-state index in [0.717, 1.165) is 18.5 Å². The number of carbonyl (C=O) groups excluding carboxylic acids is 1. The van der Waals surface area contributed by atoms with Crippen molar-refractivity contribution in [1.82, 2.24) is 10.1 Å². The van der Waals surface area contributed by atoms with E-state index < -0.39 is 5.82 Å². The molecule has 1 unspecified atom stereocenters. The van der Waals surface area contributed by atoms with Gasteiger partial charge in [0.2, 0.25) is 0 Å². The van der Waals surface area contributed by atoms with Crippen LogP contribution in [0.2, 0.25) is 0 Å². The van der Waals surface area contributed by atoms with Crippen molar-refractivity contribution in [3.63, 3.8) is 0 Å². The second-order valence-corrected chi connectivity index (χ2v) is 7.46. The van der Waals surface area contributed by atoms with E-state index in [1.165, 1.54) is 19.2 Å². The monoisotopic (exact) mass is 425 g/mol. The van der Waals surface area contributed by atoms with E-state index in [0.29, 0.717) is 29.2 Å². The van der Waals surface area contributed by atoms with Crippen molar-refractivity contribution < 1.29 is 23.2 Å². The van der Waals surface area contributed by atoms with Crippen LogP contribution >= 0.6 is 0 Å². The van der Waals surface area contributed by atoms with Crippen molar-refractivity contribution >= 4 is 5.91 Å². The summed E-state index contributed by atoms with van der Waals surface area (Å²) in [6.07, 6.45) is 1.69. The van der Waals surface area contributed by atoms with Crippen LogP contribution in [-0.2, 0) is 6.54 Å². The molecule has 1 amide bonds. The predicted octanol–water partition coefficient (Wildman–Crippen LogP) is 4.36. The minimum absolute atomic E-state index is 0.0252. The quantitative estimate of drug-likeness (QED) is 0.631. The summed E-state index contributed by atoms with van der Waals surface area (Å²) in [5.74, 6) is 0.677. The molecule has 2 N–H and O–H groups in total. The standard InChI is InChI=1S/C23H24FN3O4/c1-14-10-18(26-31-14)19-4-3-9-27(19)23(28)16-6-8-21(29-2)22(12-16)30-20-7-5-15(13-25)11-17(20)24/h5-8,10-12,19H,3-4,9,13,25H2,1-2H3. The fourth-order valence-electron chi connectivity index (χ4n) is 3.79. The highest BCUT2D eigenvalue weighted by Gasteiger charge is 2.33. The zero-order valence-corrected chi connectivity index (χ0v) is 17.4. The van der Waals surface area contributed by atoms with Gasteiger partial charge in [-0.3, -0.25) is 4.79 Å². The highest BCUT2D eigenvalue weighted by molar-refractivity contribution is 5.95. The van der Waals surface area contributed by atoms with E-state index in [1.54, 1.807) is 29.2 Å². The zero-order valence-electron chi connectivity index (χ0n) is 17.4. The molecule has 0 radical (unpaired) electrons. The lowest BCUT2D eigenvalue weighted by atomic mass is 10.1. The molecule has 1 aromatic heterocycles. The number of rotatable bonds is 6. The number of nitrogens with two attached hydrogens (primary N) is 1. The first-order valence-electron chi connectivity index (χ1n) is 10.1. The van der Waals surface area contributed by atoms with Gasteiger partial charge in [-0.15, -0.1) is 0 Å². The molecule has 1 fully saturated rings. The van der Waals surface area contributed by atoms with E-state index in [2.05, 4.69) is 5.16 Å². The van der Waals surface area contributed by atoms with Crippen LogP contribution in [0.15, 0.2) is 47.0 Å². The van der Waals surface area contributed by atoms with Gasteiger partial charge in [-0.1, -0.05) is 11.2 Å². The number of aryl methyl sites for hydroxylation is 1. The van der Waals surface area contributed by atoms with Crippen LogP contribution in [0.3, 0.4) is 0 Å². The minimum atomic E-state index is -0.539. The van der Waals surface area contributed by atoms with Crippen LogP contribution in [0.5, 0.6) is 17.2 Å². The Morgan fingerprint density at radius 1 is 1.23 bits per heavy atom. The van der Waals surface area contributed by atoms with E-state index in [1.807, 2.05) is 13.0 Å². The number of methoxy groups -OCH3 is 1. The van der Waals surface area contributed by atoms with Crippen molar-refractivity contribution in [2.24, 2.45) is 5.73 Å². The molecule has 3 aromatic rings. The second-order valence-electron chi connectivity index (χ2n) is 7.46. The van der Waals surface area contributed by atoms with Crippen LogP contribution in [0.1, 0.15) is 46.3 Å². The molecule has 4 rings (SSSR count). The average molecular weight is 425 g/mol. The fourth-order valence-corrected chi connectivity index (χ4v) is 3.79. The topological polar surface area (TPSA) is 90.8 Å². The SMILES string of the molecule is COc1ccc(C(=O)N2CCCC2c2cc(C)on2)cc1Oc1ccc(CN)cc1F. The number of amides is 1. The van der Waals surface area contributed by atoms with E-state index in [9.17, 15) is 9.18 Å². The molecule has 1 saturated heterocycles. The minimum Gasteiger partial charge on any atom is -0.493 e. The van der Waals surface area contributed by atoms with Gasteiger partial charge >= 0.3 is 0 Å². The third kappa shape index (κ3) is 4.25. The summed E-state index contributed by atoms with van der Waals surface area (Å²) in [4.78, 5) is 15.1. The maximum absolute atomic E-state index is 14.4. The number of likely N-dealkylation sites (tertiary alicyclic amines) is 1. The number of carbonyl (C=O) groups is 1. The van der Waals surface area contributed by atoms with Gasteiger partial charge in [-0.25, -0.2) is 4.39 Å². The van der Waals surface area contributed by atoms with E-state index in [-0.39, 0.29) is 30.0 Å². The van der Waals surface area contributed by atoms with Crippen LogP contribution in [0.4, 0.5) is 4.39 Å². The van der Waals surface area contributed by atoms with Crippen molar-refractivity contribution in [1.29, 1.82) is 0 Å². The predicted molar refractivity (Wildman–Crippen MR) is 112 cm³/mol. The summed E-state index contributed by atoms with van der Waals surface area (Å²) >= 11 is 0. The van der Waals surface area contributed by atoms with Gasteiger partial charge in [0.15, 0.2) is 23.1 Å². The van der Waals surface area contributed by atoms with Gasteiger partial charge in [-0.2, -0.15) is 0 Å². The lowest BCUT2D eigenvalue weighted by Crippen LogP contribution is -2.30. The number of ether oxygens (including phenoxy) is 2. The normalized spacial score (nSPS) is 15.9. The Balaban J connectivity index is 1.61. The van der Waals surface area contributed by atoms with E-state index >= 15 is 0 Å². The van der Waals surface area contributed by atoms with Gasteiger partial charge in [0.25, 0.3) is 5.91 Å². The lowest BCUT2D eigenvalue weighted by Gasteiger charge is -2.23. The van der Waals surface area contributed by atoms with Crippen LogP contribution in [0.25, 0.3) is 0 Å². The maximum Gasteiger partial charge on any atom is 0.254 e. The smallest absolute Gasteiger partial charge is 0.254 e. The number of nitrogens with zero attached hydrogens (tertiary/aromatic N) is 2. The van der Waals surface area contributed by atoms with Crippen LogP contribution in [0, 0.1) is 12.7 Å². The summed E-state index contributed by atoms with van der Waals surface area (Å²) in [5.41, 5.74) is 7.38. The van der Waals surface area contributed by atoms with Crippen molar-refractivity contribution in [2.45, 2.75) is 32.4 Å². The number of halogens is 1. The van der Waals surface area contributed by atoms with Gasteiger partial charge in [0, 0.05) is 24.7 Å². The maximum atomic E-state index is 14.4. The molecule has 7 nitrogen and oxygen atoms in total. The van der Waals surface area contributed by atoms with Crippen molar-refractivity contribution in [3.05, 3.63) is 70.9 Å². The van der Waals surface area contributed by atoms with Crippen LogP contribution < -0.4 is 15.2 Å². The van der Waals surface area contributed by atoms with Crippen molar-refractivity contribution in [3.8, 4) is 17.2 Å². The third-order valence-electron chi connectivity index (χ3n) is 5.36. The van der Waals surface area contributed by atoms with Gasteiger partial charge in [0.1, 0.15) is 11.5 Å². The summed E-state index contributed by atoms with van der Waals surface area (Å²) in [6.45, 7) is 2.67. The molecule has 8 heteroatoms. The number of hydrogen-bond acceptors (Lipinski definition) is 6. The molecule has 1 aliphatic heterocycles. The molecule has 0 spiro atoms. The highest BCUT2D eigenvalue weighted by Crippen LogP contribution is 2.37. The van der Waals surface area contributed by atoms with Gasteiger partial charge in [-0.05, 0) is 55.7 Å². The molecule has 0 saturated carbocycles. The molecule has 162 valence electrons. The molecule has 0 bridgehead atoms. The summed E-state index contributed by atoms with van der Waals surface area (Å²) < 4.78 is 30.7. The Labute approximate surface area is 179 Å². The number of hydrogen-bond donors (Lipinski definition) is 1. The highest BCUT2D eigenvalue weighted by atomic mass is 19.1. The van der Waals surface area contributed by atoms with Gasteiger partial charge < -0.3 is 24.6 Å². The zero-order chi connectivity index (χ0) is 22.0. The summed E-state index contributed by atoms with van der Waals surface area (Å²) in [7, 11) is 1.49. The average Bonchev–Trinajstić information content (AvgIpc) is 3.43. The second kappa shape index (κ2) is 8.77.